The number of benzene rings is 1. The molecular formula is C21H19ClF3N5O2. The Kier molecular flexibility index (Phi) is 6.07. The second kappa shape index (κ2) is 8.79. The lowest BCUT2D eigenvalue weighted by Crippen LogP contribution is -2.46. The highest BCUT2D eigenvalue weighted by molar-refractivity contribution is 6.33. The summed E-state index contributed by atoms with van der Waals surface area (Å²) in [5.41, 5.74) is -0.0964. The highest BCUT2D eigenvalue weighted by Gasteiger charge is 2.31. The second-order valence-corrected chi connectivity index (χ2v) is 7.77. The lowest BCUT2D eigenvalue weighted by atomic mass is 10.2. The normalized spacial score (nSPS) is 15.2. The number of nitrogens with zero attached hydrogens (tertiary/aromatic N) is 5. The number of alkyl halides is 3. The van der Waals surface area contributed by atoms with Gasteiger partial charge in [-0.15, -0.1) is 0 Å². The van der Waals surface area contributed by atoms with Gasteiger partial charge in [-0.3, -0.25) is 9.69 Å². The number of hydrogen-bond donors (Lipinski definition) is 1. The van der Waals surface area contributed by atoms with E-state index >= 15 is 0 Å². The van der Waals surface area contributed by atoms with Gasteiger partial charge in [0.1, 0.15) is 10.8 Å². The van der Waals surface area contributed by atoms with Crippen LogP contribution in [-0.4, -0.2) is 50.9 Å². The average Bonchev–Trinajstić information content (AvgIpc) is 2.76. The fourth-order valence-corrected chi connectivity index (χ4v) is 3.80. The van der Waals surface area contributed by atoms with Gasteiger partial charge < -0.3 is 10.0 Å². The first-order chi connectivity index (χ1) is 15.2. The number of aromatic nitrogens is 3. The van der Waals surface area contributed by atoms with Crippen molar-refractivity contribution in [1.82, 2.24) is 19.7 Å². The van der Waals surface area contributed by atoms with Crippen molar-refractivity contribution in [2.45, 2.75) is 12.7 Å². The molecule has 2 aromatic heterocycles. The Bertz CT molecular complexity index is 1160. The Morgan fingerprint density at radius 2 is 1.81 bits per heavy atom. The Morgan fingerprint density at radius 1 is 1.06 bits per heavy atom. The number of aromatic hydroxyl groups is 1. The van der Waals surface area contributed by atoms with Crippen LogP contribution >= 0.6 is 11.6 Å². The van der Waals surface area contributed by atoms with E-state index < -0.39 is 17.3 Å². The van der Waals surface area contributed by atoms with Crippen LogP contribution in [0.1, 0.15) is 11.1 Å². The molecule has 0 aliphatic carbocycles. The Hall–Kier alpha value is -3.11. The molecule has 4 rings (SSSR count). The largest absolute Gasteiger partial charge is 0.508 e. The van der Waals surface area contributed by atoms with Gasteiger partial charge in [-0.2, -0.15) is 23.0 Å². The maximum Gasteiger partial charge on any atom is 0.417 e. The van der Waals surface area contributed by atoms with Crippen molar-refractivity contribution >= 4 is 17.3 Å². The summed E-state index contributed by atoms with van der Waals surface area (Å²) in [4.78, 5) is 20.6. The predicted molar refractivity (Wildman–Crippen MR) is 113 cm³/mol. The smallest absolute Gasteiger partial charge is 0.417 e. The van der Waals surface area contributed by atoms with Crippen LogP contribution < -0.4 is 10.5 Å². The topological polar surface area (TPSA) is 74.5 Å². The molecule has 3 heterocycles. The van der Waals surface area contributed by atoms with Crippen LogP contribution in [0.4, 0.5) is 18.9 Å². The van der Waals surface area contributed by atoms with E-state index in [4.69, 9.17) is 11.6 Å². The number of anilines is 1. The monoisotopic (exact) mass is 465 g/mol. The summed E-state index contributed by atoms with van der Waals surface area (Å²) in [5, 5.41) is 13.6. The summed E-state index contributed by atoms with van der Waals surface area (Å²) in [7, 11) is 0. The van der Waals surface area contributed by atoms with Gasteiger partial charge in [0, 0.05) is 38.9 Å². The number of phenols is 1. The van der Waals surface area contributed by atoms with Crippen LogP contribution in [0.25, 0.3) is 5.82 Å². The van der Waals surface area contributed by atoms with Crippen molar-refractivity contribution in [2.24, 2.45) is 0 Å². The first-order valence-corrected chi connectivity index (χ1v) is 10.2. The minimum absolute atomic E-state index is 0.0487. The minimum atomic E-state index is -4.52. The van der Waals surface area contributed by atoms with Crippen molar-refractivity contribution in [1.29, 1.82) is 0 Å². The maximum atomic E-state index is 12.7. The van der Waals surface area contributed by atoms with E-state index in [1.54, 1.807) is 18.2 Å². The number of rotatable bonds is 4. The third-order valence-electron chi connectivity index (χ3n) is 5.22. The molecule has 1 fully saturated rings. The van der Waals surface area contributed by atoms with E-state index in [-0.39, 0.29) is 16.6 Å². The fraction of sp³-hybridized carbons (Fsp3) is 0.286. The van der Waals surface area contributed by atoms with Crippen molar-refractivity contribution in [3.8, 4) is 11.6 Å². The summed E-state index contributed by atoms with van der Waals surface area (Å²) < 4.78 is 39.1. The molecule has 0 atom stereocenters. The van der Waals surface area contributed by atoms with Crippen molar-refractivity contribution in [3.05, 3.63) is 75.3 Å². The van der Waals surface area contributed by atoms with Crippen LogP contribution in [0.2, 0.25) is 5.02 Å². The Morgan fingerprint density at radius 3 is 2.44 bits per heavy atom. The van der Waals surface area contributed by atoms with E-state index in [9.17, 15) is 23.1 Å². The van der Waals surface area contributed by atoms with Gasteiger partial charge in [-0.1, -0.05) is 23.7 Å². The van der Waals surface area contributed by atoms with Gasteiger partial charge >= 0.3 is 6.18 Å². The number of halogens is 4. The quantitative estimate of drug-likeness (QED) is 0.637. The van der Waals surface area contributed by atoms with Crippen molar-refractivity contribution < 1.29 is 18.3 Å². The van der Waals surface area contributed by atoms with Gasteiger partial charge in [0.2, 0.25) is 0 Å². The average molecular weight is 466 g/mol. The molecule has 1 saturated heterocycles. The Balaban J connectivity index is 1.46. The zero-order valence-corrected chi connectivity index (χ0v) is 17.5. The summed E-state index contributed by atoms with van der Waals surface area (Å²) >= 11 is 6.30. The maximum absolute atomic E-state index is 12.7. The van der Waals surface area contributed by atoms with Gasteiger partial charge in [0.15, 0.2) is 5.82 Å². The van der Waals surface area contributed by atoms with E-state index in [0.717, 1.165) is 35.5 Å². The summed E-state index contributed by atoms with van der Waals surface area (Å²) in [6.45, 7) is 3.35. The van der Waals surface area contributed by atoms with Crippen LogP contribution in [0.5, 0.6) is 5.75 Å². The molecule has 0 bridgehead atoms. The highest BCUT2D eigenvalue weighted by atomic mass is 35.5. The van der Waals surface area contributed by atoms with E-state index in [1.165, 1.54) is 6.20 Å². The Labute approximate surface area is 186 Å². The first kappa shape index (κ1) is 22.1. The molecule has 1 aliphatic rings. The lowest BCUT2D eigenvalue weighted by molar-refractivity contribution is -0.137. The molecule has 0 spiro atoms. The molecule has 168 valence electrons. The molecular weight excluding hydrogens is 447 g/mol. The summed E-state index contributed by atoms with van der Waals surface area (Å²) in [5.74, 6) is 0.175. The SMILES string of the molecule is O=c1c(Cl)c(N2CCN(Cc3cccc(O)c3)CC2)cnn1-c1ccc(C(F)(F)F)cn1. The highest BCUT2D eigenvalue weighted by Crippen LogP contribution is 2.29. The van der Waals surface area contributed by atoms with Gasteiger partial charge in [0.05, 0.1) is 17.4 Å². The zero-order chi connectivity index (χ0) is 22.9. The minimum Gasteiger partial charge on any atom is -0.508 e. The van der Waals surface area contributed by atoms with E-state index in [2.05, 4.69) is 15.0 Å². The van der Waals surface area contributed by atoms with Gasteiger partial charge in [0.25, 0.3) is 5.56 Å². The molecule has 1 N–H and O–H groups in total. The predicted octanol–water partition coefficient (Wildman–Crippen LogP) is 3.33. The fourth-order valence-electron chi connectivity index (χ4n) is 3.55. The van der Waals surface area contributed by atoms with E-state index in [0.29, 0.717) is 31.5 Å². The van der Waals surface area contributed by atoms with Crippen LogP contribution in [0.15, 0.2) is 53.6 Å². The number of pyridine rings is 1. The van der Waals surface area contributed by atoms with Crippen LogP contribution in [0.3, 0.4) is 0 Å². The molecule has 0 saturated carbocycles. The van der Waals surface area contributed by atoms with Crippen molar-refractivity contribution in [2.75, 3.05) is 31.1 Å². The molecule has 1 aromatic carbocycles. The molecule has 0 radical (unpaired) electrons. The third-order valence-corrected chi connectivity index (χ3v) is 5.58. The standard InChI is InChI=1S/C21H19ClF3N5O2/c22-19-17(29-8-6-28(7-9-29)13-14-2-1-3-16(31)10-14)12-27-30(20(19)32)18-5-4-15(11-26-18)21(23,24)25/h1-5,10-12,31H,6-9,13H2. The van der Waals surface area contributed by atoms with Crippen molar-refractivity contribution in [3.63, 3.8) is 0 Å². The molecule has 0 amide bonds. The molecule has 1 aliphatic heterocycles. The number of phenolic OH excluding ortho intramolecular Hbond substituents is 1. The van der Waals surface area contributed by atoms with Crippen LogP contribution in [0, 0.1) is 0 Å². The lowest BCUT2D eigenvalue weighted by Gasteiger charge is -2.36. The van der Waals surface area contributed by atoms with Gasteiger partial charge in [-0.25, -0.2) is 4.98 Å². The summed E-state index contributed by atoms with van der Waals surface area (Å²) in [6.07, 6.45) is -2.45. The van der Waals surface area contributed by atoms with E-state index in [1.807, 2.05) is 11.0 Å². The number of piperazine rings is 1. The molecule has 11 heteroatoms. The third kappa shape index (κ3) is 4.71. The first-order valence-electron chi connectivity index (χ1n) is 9.79. The molecule has 7 nitrogen and oxygen atoms in total. The molecule has 3 aromatic rings. The number of hydrogen-bond acceptors (Lipinski definition) is 6. The molecule has 0 unspecified atom stereocenters. The van der Waals surface area contributed by atoms with Crippen LogP contribution in [-0.2, 0) is 12.7 Å². The second-order valence-electron chi connectivity index (χ2n) is 7.40. The summed E-state index contributed by atoms with van der Waals surface area (Å²) in [6, 6.07) is 9.01. The molecule has 32 heavy (non-hydrogen) atoms. The van der Waals surface area contributed by atoms with Gasteiger partial charge in [-0.05, 0) is 29.8 Å². The zero-order valence-electron chi connectivity index (χ0n) is 16.8.